The summed E-state index contributed by atoms with van der Waals surface area (Å²) in [6.45, 7) is 8.17. The summed E-state index contributed by atoms with van der Waals surface area (Å²) < 4.78 is 37.8. The second kappa shape index (κ2) is 6.17. The molecular formula is C18H23F3N2O. The van der Waals surface area contributed by atoms with Gasteiger partial charge >= 0.3 is 6.18 Å². The number of likely N-dealkylation sites (tertiary alicyclic amines) is 1. The molecule has 2 fully saturated rings. The van der Waals surface area contributed by atoms with E-state index in [-0.39, 0.29) is 5.54 Å². The van der Waals surface area contributed by atoms with Gasteiger partial charge in [-0.2, -0.15) is 13.2 Å². The van der Waals surface area contributed by atoms with Crippen LogP contribution < -0.4 is 5.32 Å². The highest BCUT2D eigenvalue weighted by atomic mass is 19.4. The highest BCUT2D eigenvalue weighted by Gasteiger charge is 2.62. The molecule has 1 saturated heterocycles. The number of alkyl halides is 3. The molecule has 1 heterocycles. The van der Waals surface area contributed by atoms with Gasteiger partial charge in [0.05, 0.1) is 5.56 Å². The zero-order valence-corrected chi connectivity index (χ0v) is 13.7. The summed E-state index contributed by atoms with van der Waals surface area (Å²) in [6.07, 6.45) is -2.48. The van der Waals surface area contributed by atoms with Crippen LogP contribution in [-0.2, 0) is 12.7 Å². The molecule has 0 radical (unpaired) electrons. The zero-order chi connectivity index (χ0) is 17.5. The van der Waals surface area contributed by atoms with Gasteiger partial charge in [0.1, 0.15) is 6.23 Å². The molecule has 1 aromatic carbocycles. The Morgan fingerprint density at radius 3 is 2.62 bits per heavy atom. The molecule has 3 nitrogen and oxygen atoms in total. The van der Waals surface area contributed by atoms with Crippen LogP contribution in [0.1, 0.15) is 24.5 Å². The van der Waals surface area contributed by atoms with Crippen molar-refractivity contribution >= 4 is 0 Å². The van der Waals surface area contributed by atoms with Crippen molar-refractivity contribution in [1.29, 1.82) is 0 Å². The predicted octanol–water partition coefficient (Wildman–Crippen LogP) is 3.01. The SMILES string of the molecule is C=CC(O)NC1(C)[C@@H]2CCN(Cc3ccc(C(F)(F)F)cc3)C[C@@H]21. The van der Waals surface area contributed by atoms with Crippen molar-refractivity contribution in [3.05, 3.63) is 48.0 Å². The number of aliphatic hydroxyl groups excluding tert-OH is 1. The summed E-state index contributed by atoms with van der Waals surface area (Å²) in [5, 5.41) is 13.0. The largest absolute Gasteiger partial charge is 0.416 e. The Bertz CT molecular complexity index is 601. The average molecular weight is 340 g/mol. The van der Waals surface area contributed by atoms with Gasteiger partial charge in [0.25, 0.3) is 0 Å². The van der Waals surface area contributed by atoms with E-state index >= 15 is 0 Å². The Labute approximate surface area is 140 Å². The molecule has 2 N–H and O–H groups in total. The number of fused-ring (bicyclic) bond motifs is 1. The molecule has 0 amide bonds. The maximum absolute atomic E-state index is 12.6. The van der Waals surface area contributed by atoms with Crippen molar-refractivity contribution < 1.29 is 18.3 Å². The van der Waals surface area contributed by atoms with Crippen LogP contribution in [0.4, 0.5) is 13.2 Å². The quantitative estimate of drug-likeness (QED) is 0.639. The molecule has 2 unspecified atom stereocenters. The average Bonchev–Trinajstić information content (AvgIpc) is 3.10. The van der Waals surface area contributed by atoms with Gasteiger partial charge in [-0.05, 0) is 55.5 Å². The van der Waals surface area contributed by atoms with E-state index < -0.39 is 18.0 Å². The first-order chi connectivity index (χ1) is 11.2. The molecule has 132 valence electrons. The van der Waals surface area contributed by atoms with Gasteiger partial charge in [-0.1, -0.05) is 18.7 Å². The lowest BCUT2D eigenvalue weighted by Crippen LogP contribution is -2.40. The van der Waals surface area contributed by atoms with E-state index in [4.69, 9.17) is 0 Å². The molecule has 1 aliphatic heterocycles. The summed E-state index contributed by atoms with van der Waals surface area (Å²) in [4.78, 5) is 2.27. The number of aliphatic hydroxyl groups is 1. The third-order valence-electron chi connectivity index (χ3n) is 5.50. The Hall–Kier alpha value is -1.37. The normalized spacial score (nSPS) is 31.4. The van der Waals surface area contributed by atoms with Gasteiger partial charge in [-0.25, -0.2) is 0 Å². The topological polar surface area (TPSA) is 35.5 Å². The summed E-state index contributed by atoms with van der Waals surface area (Å²) in [6, 6.07) is 5.40. The molecule has 6 heteroatoms. The highest BCUT2D eigenvalue weighted by molar-refractivity contribution is 5.25. The van der Waals surface area contributed by atoms with E-state index in [9.17, 15) is 18.3 Å². The van der Waals surface area contributed by atoms with Crippen LogP contribution in [0.5, 0.6) is 0 Å². The van der Waals surface area contributed by atoms with Crippen LogP contribution in [0.2, 0.25) is 0 Å². The van der Waals surface area contributed by atoms with Crippen molar-refractivity contribution in [2.45, 2.75) is 37.8 Å². The second-order valence-corrected chi connectivity index (χ2v) is 7.04. The Morgan fingerprint density at radius 1 is 1.38 bits per heavy atom. The minimum Gasteiger partial charge on any atom is -0.375 e. The third kappa shape index (κ3) is 3.36. The van der Waals surface area contributed by atoms with Gasteiger partial charge in [-0.15, -0.1) is 0 Å². The fourth-order valence-electron chi connectivity index (χ4n) is 4.00. The molecule has 2 aliphatic rings. The number of piperidine rings is 1. The van der Waals surface area contributed by atoms with Crippen LogP contribution in [0, 0.1) is 11.8 Å². The van der Waals surface area contributed by atoms with E-state index in [1.165, 1.54) is 6.08 Å². The van der Waals surface area contributed by atoms with Crippen LogP contribution in [-0.4, -0.2) is 34.9 Å². The maximum Gasteiger partial charge on any atom is 0.416 e. The van der Waals surface area contributed by atoms with Gasteiger partial charge in [-0.3, -0.25) is 10.2 Å². The van der Waals surface area contributed by atoms with Crippen molar-refractivity contribution in [2.24, 2.45) is 11.8 Å². The molecule has 1 saturated carbocycles. The fourth-order valence-corrected chi connectivity index (χ4v) is 4.00. The molecule has 3 rings (SSSR count). The lowest BCUT2D eigenvalue weighted by molar-refractivity contribution is -0.137. The van der Waals surface area contributed by atoms with E-state index in [1.807, 2.05) is 0 Å². The maximum atomic E-state index is 12.6. The van der Waals surface area contributed by atoms with Crippen LogP contribution in [0.3, 0.4) is 0 Å². The predicted molar refractivity (Wildman–Crippen MR) is 86.1 cm³/mol. The van der Waals surface area contributed by atoms with E-state index in [0.29, 0.717) is 18.4 Å². The number of benzene rings is 1. The lowest BCUT2D eigenvalue weighted by atomic mass is 10.1. The molecule has 4 atom stereocenters. The van der Waals surface area contributed by atoms with E-state index in [1.54, 1.807) is 12.1 Å². The first kappa shape index (κ1) is 17.5. The highest BCUT2D eigenvalue weighted by Crippen LogP contribution is 2.55. The van der Waals surface area contributed by atoms with Crippen molar-refractivity contribution in [3.8, 4) is 0 Å². The minimum atomic E-state index is -4.29. The van der Waals surface area contributed by atoms with Crippen LogP contribution >= 0.6 is 0 Å². The zero-order valence-electron chi connectivity index (χ0n) is 13.7. The van der Waals surface area contributed by atoms with Crippen molar-refractivity contribution in [1.82, 2.24) is 10.2 Å². The van der Waals surface area contributed by atoms with Gasteiger partial charge < -0.3 is 5.11 Å². The monoisotopic (exact) mass is 340 g/mol. The smallest absolute Gasteiger partial charge is 0.375 e. The van der Waals surface area contributed by atoms with E-state index in [2.05, 4.69) is 23.7 Å². The first-order valence-electron chi connectivity index (χ1n) is 8.21. The fraction of sp³-hybridized carbons (Fsp3) is 0.556. The number of halogens is 3. The van der Waals surface area contributed by atoms with Gasteiger partial charge in [0, 0.05) is 18.6 Å². The molecular weight excluding hydrogens is 317 g/mol. The third-order valence-corrected chi connectivity index (χ3v) is 5.50. The lowest BCUT2D eigenvalue weighted by Gasteiger charge is -2.26. The molecule has 0 spiro atoms. The summed E-state index contributed by atoms with van der Waals surface area (Å²) in [5.41, 5.74) is 0.202. The molecule has 0 bridgehead atoms. The Morgan fingerprint density at radius 2 is 2.04 bits per heavy atom. The second-order valence-electron chi connectivity index (χ2n) is 7.04. The Balaban J connectivity index is 1.58. The van der Waals surface area contributed by atoms with E-state index in [0.717, 1.165) is 37.2 Å². The number of nitrogens with one attached hydrogen (secondary N) is 1. The van der Waals surface area contributed by atoms with Crippen molar-refractivity contribution in [3.63, 3.8) is 0 Å². The molecule has 1 aliphatic carbocycles. The minimum absolute atomic E-state index is 0.0809. The van der Waals surface area contributed by atoms with Gasteiger partial charge in [0.15, 0.2) is 0 Å². The summed E-state index contributed by atoms with van der Waals surface area (Å²) in [7, 11) is 0. The molecule has 24 heavy (non-hydrogen) atoms. The molecule has 1 aromatic rings. The number of nitrogens with zero attached hydrogens (tertiary/aromatic N) is 1. The standard InChI is InChI=1S/C18H23F3N2O/c1-3-16(24)22-17(2)14-8-9-23(11-15(14)17)10-12-4-6-13(7-5-12)18(19,20)21/h3-7,14-16,22,24H,1,8-11H2,2H3/t14-,15+,16?,17?/m1/s1. The number of rotatable bonds is 5. The molecule has 0 aromatic heterocycles. The Kier molecular flexibility index (Phi) is 4.49. The van der Waals surface area contributed by atoms with Crippen molar-refractivity contribution in [2.75, 3.05) is 13.1 Å². The van der Waals surface area contributed by atoms with Crippen LogP contribution in [0.15, 0.2) is 36.9 Å². The van der Waals surface area contributed by atoms with Gasteiger partial charge in [0.2, 0.25) is 0 Å². The number of hydrogen-bond acceptors (Lipinski definition) is 3. The summed E-state index contributed by atoms with van der Waals surface area (Å²) >= 11 is 0. The number of hydrogen-bond donors (Lipinski definition) is 2. The summed E-state index contributed by atoms with van der Waals surface area (Å²) in [5.74, 6) is 0.992. The first-order valence-corrected chi connectivity index (χ1v) is 8.21. The van der Waals surface area contributed by atoms with Crippen LogP contribution in [0.25, 0.3) is 0 Å².